The zero-order valence-corrected chi connectivity index (χ0v) is 9.98. The topological polar surface area (TPSA) is 25.2 Å². The van der Waals surface area contributed by atoms with E-state index in [1.54, 1.807) is 18.4 Å². The molecule has 0 aliphatic carbocycles. The van der Waals surface area contributed by atoms with Crippen molar-refractivity contribution in [2.45, 2.75) is 25.9 Å². The first-order chi connectivity index (χ1) is 8.18. The van der Waals surface area contributed by atoms with E-state index in [9.17, 15) is 4.39 Å². The lowest BCUT2D eigenvalue weighted by molar-refractivity contribution is 0.397. The summed E-state index contributed by atoms with van der Waals surface area (Å²) in [5.74, 6) is 0.673. The molecule has 3 heteroatoms. The van der Waals surface area contributed by atoms with Crippen LogP contribution < -0.4 is 5.32 Å². The van der Waals surface area contributed by atoms with Crippen molar-refractivity contribution in [2.24, 2.45) is 0 Å². The molecule has 1 aromatic carbocycles. The summed E-state index contributed by atoms with van der Waals surface area (Å²) in [6.45, 7) is 3.94. The summed E-state index contributed by atoms with van der Waals surface area (Å²) in [6.07, 6.45) is 1.64. The van der Waals surface area contributed by atoms with E-state index in [1.165, 1.54) is 6.07 Å². The van der Waals surface area contributed by atoms with Gasteiger partial charge in [0.15, 0.2) is 0 Å². The van der Waals surface area contributed by atoms with Crippen LogP contribution in [0.4, 0.5) is 4.39 Å². The fourth-order valence-corrected chi connectivity index (χ4v) is 1.91. The molecule has 2 rings (SSSR count). The average molecular weight is 233 g/mol. The maximum absolute atomic E-state index is 13.6. The van der Waals surface area contributed by atoms with Crippen molar-refractivity contribution < 1.29 is 8.81 Å². The highest BCUT2D eigenvalue weighted by atomic mass is 19.1. The zero-order valence-electron chi connectivity index (χ0n) is 9.98. The molecule has 0 saturated heterocycles. The van der Waals surface area contributed by atoms with E-state index < -0.39 is 0 Å². The lowest BCUT2D eigenvalue weighted by Crippen LogP contribution is -2.22. The fourth-order valence-electron chi connectivity index (χ4n) is 1.91. The predicted molar refractivity (Wildman–Crippen MR) is 65.1 cm³/mol. The fraction of sp³-hybridized carbons (Fsp3) is 0.286. The molecule has 90 valence electrons. The maximum Gasteiger partial charge on any atom is 0.127 e. The molecule has 1 N–H and O–H groups in total. The van der Waals surface area contributed by atoms with Gasteiger partial charge in [0.05, 0.1) is 12.3 Å². The molecule has 0 saturated carbocycles. The number of rotatable bonds is 4. The van der Waals surface area contributed by atoms with E-state index in [2.05, 4.69) is 5.32 Å². The first-order valence-electron chi connectivity index (χ1n) is 5.72. The molecular weight excluding hydrogens is 217 g/mol. The Morgan fingerprint density at radius 2 is 1.82 bits per heavy atom. The van der Waals surface area contributed by atoms with Gasteiger partial charge in [-0.05, 0) is 32.0 Å². The Hall–Kier alpha value is -1.61. The van der Waals surface area contributed by atoms with Gasteiger partial charge in [0.1, 0.15) is 11.6 Å². The smallest absolute Gasteiger partial charge is 0.127 e. The Balaban J connectivity index is 2.07. The summed E-state index contributed by atoms with van der Waals surface area (Å²) in [6, 6.07) is 10.6. The minimum atomic E-state index is -0.181. The standard InChI is InChI=1S/C14H16FNO/c1-10(12-6-3-4-7-13(12)15)16-11(2)14-8-5-9-17-14/h3-11,16H,1-2H3/t10?,11-/m0/s1. The highest BCUT2D eigenvalue weighted by molar-refractivity contribution is 5.21. The molecule has 0 bridgehead atoms. The van der Waals surface area contributed by atoms with Crippen LogP contribution in [-0.2, 0) is 0 Å². The van der Waals surface area contributed by atoms with E-state index in [4.69, 9.17) is 4.42 Å². The molecule has 0 spiro atoms. The number of benzene rings is 1. The lowest BCUT2D eigenvalue weighted by atomic mass is 10.1. The molecule has 2 atom stereocenters. The summed E-state index contributed by atoms with van der Waals surface area (Å²) in [4.78, 5) is 0. The first-order valence-corrected chi connectivity index (χ1v) is 5.72. The van der Waals surface area contributed by atoms with Crippen LogP contribution in [0, 0.1) is 5.82 Å². The van der Waals surface area contributed by atoms with Crippen LogP contribution in [0.2, 0.25) is 0 Å². The lowest BCUT2D eigenvalue weighted by Gasteiger charge is -2.19. The molecule has 1 unspecified atom stereocenters. The van der Waals surface area contributed by atoms with Crippen molar-refractivity contribution in [3.63, 3.8) is 0 Å². The van der Waals surface area contributed by atoms with Gasteiger partial charge in [-0.15, -0.1) is 0 Å². The number of halogens is 1. The van der Waals surface area contributed by atoms with Gasteiger partial charge in [0.25, 0.3) is 0 Å². The Bertz CT molecular complexity index is 467. The molecule has 2 aromatic rings. The Kier molecular flexibility index (Phi) is 3.59. The van der Waals surface area contributed by atoms with Crippen LogP contribution in [0.25, 0.3) is 0 Å². The van der Waals surface area contributed by atoms with Crippen molar-refractivity contribution in [1.29, 1.82) is 0 Å². The van der Waals surface area contributed by atoms with Crippen molar-refractivity contribution in [1.82, 2.24) is 5.32 Å². The molecule has 2 nitrogen and oxygen atoms in total. The minimum absolute atomic E-state index is 0.0552. The minimum Gasteiger partial charge on any atom is -0.468 e. The van der Waals surface area contributed by atoms with Crippen LogP contribution in [-0.4, -0.2) is 0 Å². The molecule has 17 heavy (non-hydrogen) atoms. The van der Waals surface area contributed by atoms with E-state index in [0.717, 1.165) is 5.76 Å². The van der Waals surface area contributed by atoms with E-state index in [-0.39, 0.29) is 17.9 Å². The van der Waals surface area contributed by atoms with Gasteiger partial charge in [-0.2, -0.15) is 0 Å². The first kappa shape index (κ1) is 11.9. The number of furan rings is 1. The third-order valence-corrected chi connectivity index (χ3v) is 2.84. The highest BCUT2D eigenvalue weighted by Crippen LogP contribution is 2.21. The van der Waals surface area contributed by atoms with Gasteiger partial charge >= 0.3 is 0 Å². The van der Waals surface area contributed by atoms with Crippen LogP contribution in [0.1, 0.15) is 37.3 Å². The van der Waals surface area contributed by atoms with Crippen LogP contribution in [0.3, 0.4) is 0 Å². The van der Waals surface area contributed by atoms with Gasteiger partial charge in [0, 0.05) is 11.6 Å². The molecule has 1 heterocycles. The highest BCUT2D eigenvalue weighted by Gasteiger charge is 2.15. The van der Waals surface area contributed by atoms with Gasteiger partial charge in [-0.3, -0.25) is 0 Å². The predicted octanol–water partition coefficient (Wildman–Crippen LogP) is 3.83. The monoisotopic (exact) mass is 233 g/mol. The molecule has 0 aliphatic rings. The Morgan fingerprint density at radius 3 is 2.47 bits per heavy atom. The van der Waals surface area contributed by atoms with E-state index >= 15 is 0 Å². The second-order valence-corrected chi connectivity index (χ2v) is 4.15. The normalized spacial score (nSPS) is 14.5. The maximum atomic E-state index is 13.6. The summed E-state index contributed by atoms with van der Waals surface area (Å²) in [5.41, 5.74) is 0.672. The summed E-state index contributed by atoms with van der Waals surface area (Å²) >= 11 is 0. The van der Waals surface area contributed by atoms with Gasteiger partial charge in [-0.1, -0.05) is 18.2 Å². The third kappa shape index (κ3) is 2.74. The van der Waals surface area contributed by atoms with Crippen molar-refractivity contribution in [2.75, 3.05) is 0 Å². The Morgan fingerprint density at radius 1 is 1.06 bits per heavy atom. The molecular formula is C14H16FNO. The number of hydrogen-bond acceptors (Lipinski definition) is 2. The van der Waals surface area contributed by atoms with E-state index in [1.807, 2.05) is 32.0 Å². The second kappa shape index (κ2) is 5.15. The van der Waals surface area contributed by atoms with Crippen molar-refractivity contribution in [3.8, 4) is 0 Å². The molecule has 0 aliphatic heterocycles. The Labute approximate surface area is 100 Å². The van der Waals surface area contributed by atoms with Gasteiger partial charge in [-0.25, -0.2) is 4.39 Å². The van der Waals surface area contributed by atoms with Crippen molar-refractivity contribution >= 4 is 0 Å². The molecule has 0 amide bonds. The number of nitrogens with one attached hydrogen (secondary N) is 1. The molecule has 1 aromatic heterocycles. The van der Waals surface area contributed by atoms with Gasteiger partial charge < -0.3 is 9.73 Å². The van der Waals surface area contributed by atoms with Crippen molar-refractivity contribution in [3.05, 3.63) is 59.8 Å². The summed E-state index contributed by atoms with van der Waals surface area (Å²) in [5, 5.41) is 3.31. The van der Waals surface area contributed by atoms with E-state index in [0.29, 0.717) is 5.56 Å². The van der Waals surface area contributed by atoms with Crippen LogP contribution in [0.5, 0.6) is 0 Å². The third-order valence-electron chi connectivity index (χ3n) is 2.84. The summed E-state index contributed by atoms with van der Waals surface area (Å²) < 4.78 is 18.9. The van der Waals surface area contributed by atoms with Crippen LogP contribution in [0.15, 0.2) is 47.1 Å². The molecule has 0 radical (unpaired) electrons. The largest absolute Gasteiger partial charge is 0.468 e. The average Bonchev–Trinajstić information content (AvgIpc) is 2.82. The second-order valence-electron chi connectivity index (χ2n) is 4.15. The summed E-state index contributed by atoms with van der Waals surface area (Å²) in [7, 11) is 0. The SMILES string of the molecule is CC(N[C@@H](C)c1ccco1)c1ccccc1F. The quantitative estimate of drug-likeness (QED) is 0.868. The zero-order chi connectivity index (χ0) is 12.3. The number of hydrogen-bond donors (Lipinski definition) is 1. The van der Waals surface area contributed by atoms with Gasteiger partial charge in [0.2, 0.25) is 0 Å². The van der Waals surface area contributed by atoms with Crippen LogP contribution >= 0.6 is 0 Å². The molecule has 0 fully saturated rings.